The second-order valence-electron chi connectivity index (χ2n) is 4.41. The highest BCUT2D eigenvalue weighted by molar-refractivity contribution is 5.95. The number of carbonyl (C=O) groups excluding carboxylic acids is 1. The Morgan fingerprint density at radius 3 is 2.53 bits per heavy atom. The van der Waals surface area contributed by atoms with Crippen LogP contribution in [0.4, 0.5) is 5.69 Å². The van der Waals surface area contributed by atoms with E-state index in [4.69, 9.17) is 9.84 Å². The van der Waals surface area contributed by atoms with Crippen LogP contribution in [-0.2, 0) is 9.53 Å². The van der Waals surface area contributed by atoms with Crippen molar-refractivity contribution in [3.05, 3.63) is 23.8 Å². The third-order valence-electron chi connectivity index (χ3n) is 3.09. The predicted molar refractivity (Wildman–Crippen MR) is 67.2 cm³/mol. The van der Waals surface area contributed by atoms with Gasteiger partial charge in [0.1, 0.15) is 5.75 Å². The van der Waals surface area contributed by atoms with Gasteiger partial charge >= 0.3 is 5.97 Å². The minimum Gasteiger partial charge on any atom is -0.506 e. The molecule has 0 unspecified atom stereocenters. The molecule has 0 radical (unpaired) electrons. The molecule has 1 aromatic carbocycles. The molecule has 1 aliphatic rings. The number of aromatic hydroxyl groups is 1. The first-order valence-corrected chi connectivity index (χ1v) is 6.03. The molecule has 0 spiro atoms. The molecule has 102 valence electrons. The van der Waals surface area contributed by atoms with Gasteiger partial charge in [-0.05, 0) is 31.0 Å². The van der Waals surface area contributed by atoms with E-state index in [0.717, 1.165) is 6.07 Å². The van der Waals surface area contributed by atoms with Gasteiger partial charge in [0.15, 0.2) is 0 Å². The molecule has 0 bridgehead atoms. The lowest BCUT2D eigenvalue weighted by atomic mass is 9.99. The average molecular weight is 265 g/mol. The molecule has 0 atom stereocenters. The molecule has 1 heterocycles. The summed E-state index contributed by atoms with van der Waals surface area (Å²) in [6.45, 7) is 1.12. The second-order valence-corrected chi connectivity index (χ2v) is 4.41. The van der Waals surface area contributed by atoms with Crippen LogP contribution in [0.15, 0.2) is 18.2 Å². The maximum absolute atomic E-state index is 11.9. The minimum atomic E-state index is -1.13. The zero-order valence-electron chi connectivity index (χ0n) is 10.3. The van der Waals surface area contributed by atoms with E-state index in [1.807, 2.05) is 0 Å². The number of rotatable bonds is 3. The molecule has 6 nitrogen and oxygen atoms in total. The van der Waals surface area contributed by atoms with E-state index in [0.29, 0.717) is 26.1 Å². The van der Waals surface area contributed by atoms with Gasteiger partial charge in [0.05, 0.1) is 11.3 Å². The van der Waals surface area contributed by atoms with Crippen molar-refractivity contribution in [1.29, 1.82) is 0 Å². The van der Waals surface area contributed by atoms with E-state index in [9.17, 15) is 14.7 Å². The number of amides is 1. The van der Waals surface area contributed by atoms with Gasteiger partial charge in [-0.25, -0.2) is 4.79 Å². The van der Waals surface area contributed by atoms with Gasteiger partial charge in [-0.15, -0.1) is 0 Å². The molecule has 0 aliphatic carbocycles. The predicted octanol–water partition coefficient (Wildman–Crippen LogP) is 1.46. The number of phenolic OH excluding ortho intramolecular Hbond substituents is 1. The molecule has 3 N–H and O–H groups in total. The molecule has 1 fully saturated rings. The monoisotopic (exact) mass is 265 g/mol. The van der Waals surface area contributed by atoms with E-state index in [1.54, 1.807) is 0 Å². The van der Waals surface area contributed by atoms with Crippen LogP contribution >= 0.6 is 0 Å². The summed E-state index contributed by atoms with van der Waals surface area (Å²) in [7, 11) is 0. The van der Waals surface area contributed by atoms with E-state index in [-0.39, 0.29) is 28.8 Å². The van der Waals surface area contributed by atoms with Crippen LogP contribution in [0, 0.1) is 5.92 Å². The first-order valence-electron chi connectivity index (χ1n) is 6.03. The third-order valence-corrected chi connectivity index (χ3v) is 3.09. The SMILES string of the molecule is O=C(O)c1ccc(NC(=O)C2CCOCC2)c(O)c1. The third kappa shape index (κ3) is 3.23. The minimum absolute atomic E-state index is 0.0263. The molecule has 1 aromatic rings. The van der Waals surface area contributed by atoms with E-state index < -0.39 is 5.97 Å². The fourth-order valence-electron chi connectivity index (χ4n) is 1.96. The van der Waals surface area contributed by atoms with Gasteiger partial charge in [-0.2, -0.15) is 0 Å². The number of carbonyl (C=O) groups is 2. The Bertz CT molecular complexity index is 494. The highest BCUT2D eigenvalue weighted by Gasteiger charge is 2.22. The number of nitrogens with one attached hydrogen (secondary N) is 1. The van der Waals surface area contributed by atoms with Crippen LogP contribution in [-0.4, -0.2) is 35.3 Å². The largest absolute Gasteiger partial charge is 0.506 e. The maximum Gasteiger partial charge on any atom is 0.335 e. The van der Waals surface area contributed by atoms with Gasteiger partial charge in [0.2, 0.25) is 5.91 Å². The number of hydrogen-bond donors (Lipinski definition) is 3. The normalized spacial score (nSPS) is 16.0. The van der Waals surface area contributed by atoms with Gasteiger partial charge in [0, 0.05) is 19.1 Å². The number of anilines is 1. The Balaban J connectivity index is 2.06. The second kappa shape index (κ2) is 5.71. The zero-order valence-corrected chi connectivity index (χ0v) is 10.3. The lowest BCUT2D eigenvalue weighted by Crippen LogP contribution is -2.28. The Labute approximate surface area is 110 Å². The highest BCUT2D eigenvalue weighted by Crippen LogP contribution is 2.26. The molecule has 0 saturated carbocycles. The van der Waals surface area contributed by atoms with Crippen molar-refractivity contribution in [3.63, 3.8) is 0 Å². The van der Waals surface area contributed by atoms with Crippen LogP contribution in [0.25, 0.3) is 0 Å². The Morgan fingerprint density at radius 2 is 1.95 bits per heavy atom. The van der Waals surface area contributed by atoms with Gasteiger partial charge in [-0.3, -0.25) is 4.79 Å². The summed E-state index contributed by atoms with van der Waals surface area (Å²) in [4.78, 5) is 22.7. The number of aromatic carboxylic acids is 1. The molecule has 1 aliphatic heterocycles. The molecule has 0 aromatic heterocycles. The topological polar surface area (TPSA) is 95.9 Å². The summed E-state index contributed by atoms with van der Waals surface area (Å²) < 4.78 is 5.17. The van der Waals surface area contributed by atoms with Gasteiger partial charge in [0.25, 0.3) is 0 Å². The van der Waals surface area contributed by atoms with E-state index >= 15 is 0 Å². The summed E-state index contributed by atoms with van der Waals surface area (Å²) in [6.07, 6.45) is 1.31. The molecular weight excluding hydrogens is 250 g/mol. The number of hydrogen-bond acceptors (Lipinski definition) is 4. The van der Waals surface area contributed by atoms with Crippen molar-refractivity contribution in [2.24, 2.45) is 5.92 Å². The summed E-state index contributed by atoms with van der Waals surface area (Å²) in [5.41, 5.74) is 0.197. The Kier molecular flexibility index (Phi) is 4.01. The summed E-state index contributed by atoms with van der Waals surface area (Å²) in [6, 6.07) is 3.83. The van der Waals surface area contributed by atoms with Crippen LogP contribution in [0.1, 0.15) is 23.2 Å². The quantitative estimate of drug-likeness (QED) is 0.719. The number of benzene rings is 1. The lowest BCUT2D eigenvalue weighted by Gasteiger charge is -2.21. The smallest absolute Gasteiger partial charge is 0.335 e. The molecular formula is C13H15NO5. The first-order chi connectivity index (χ1) is 9.08. The fraction of sp³-hybridized carbons (Fsp3) is 0.385. The Morgan fingerprint density at radius 1 is 1.26 bits per heavy atom. The zero-order chi connectivity index (χ0) is 13.8. The van der Waals surface area contributed by atoms with Crippen LogP contribution < -0.4 is 5.32 Å². The number of phenols is 1. The molecule has 1 amide bonds. The molecule has 19 heavy (non-hydrogen) atoms. The summed E-state index contributed by atoms with van der Waals surface area (Å²) in [5, 5.41) is 21.1. The van der Waals surface area contributed by atoms with Crippen molar-refractivity contribution >= 4 is 17.6 Å². The average Bonchev–Trinajstić information content (AvgIpc) is 2.41. The number of carboxylic acid groups (broad SMARTS) is 1. The fourth-order valence-corrected chi connectivity index (χ4v) is 1.96. The number of carboxylic acids is 1. The van der Waals surface area contributed by atoms with Crippen molar-refractivity contribution in [2.45, 2.75) is 12.8 Å². The highest BCUT2D eigenvalue weighted by atomic mass is 16.5. The van der Waals surface area contributed by atoms with Crippen LogP contribution in [0.5, 0.6) is 5.75 Å². The first kappa shape index (κ1) is 13.4. The van der Waals surface area contributed by atoms with Crippen molar-refractivity contribution < 1.29 is 24.5 Å². The van der Waals surface area contributed by atoms with Crippen molar-refractivity contribution in [1.82, 2.24) is 0 Å². The maximum atomic E-state index is 11.9. The standard InChI is InChI=1S/C13H15NO5/c15-11-7-9(13(17)18)1-2-10(11)14-12(16)8-3-5-19-6-4-8/h1-2,7-8,15H,3-6H2,(H,14,16)(H,17,18). The molecule has 2 rings (SSSR count). The van der Waals surface area contributed by atoms with Crippen molar-refractivity contribution in [2.75, 3.05) is 18.5 Å². The van der Waals surface area contributed by atoms with E-state index in [2.05, 4.69) is 5.32 Å². The lowest BCUT2D eigenvalue weighted by molar-refractivity contribution is -0.122. The number of ether oxygens (including phenoxy) is 1. The summed E-state index contributed by atoms with van der Waals surface area (Å²) >= 11 is 0. The van der Waals surface area contributed by atoms with Gasteiger partial charge in [-0.1, -0.05) is 0 Å². The van der Waals surface area contributed by atoms with Gasteiger partial charge < -0.3 is 20.3 Å². The molecule has 1 saturated heterocycles. The summed E-state index contributed by atoms with van der Waals surface area (Å²) in [5.74, 6) is -1.69. The van der Waals surface area contributed by atoms with Crippen molar-refractivity contribution in [3.8, 4) is 5.75 Å². The Hall–Kier alpha value is -2.08. The van der Waals surface area contributed by atoms with Crippen LogP contribution in [0.3, 0.4) is 0 Å². The molecule has 6 heteroatoms. The van der Waals surface area contributed by atoms with E-state index in [1.165, 1.54) is 12.1 Å². The van der Waals surface area contributed by atoms with Crippen LogP contribution in [0.2, 0.25) is 0 Å².